The van der Waals surface area contributed by atoms with Gasteiger partial charge in [-0.2, -0.15) is 4.31 Å². The molecule has 1 aromatic carbocycles. The van der Waals surface area contributed by atoms with Crippen molar-refractivity contribution in [2.45, 2.75) is 38.1 Å². The number of aromatic amines is 1. The van der Waals surface area contributed by atoms with Gasteiger partial charge in [0.25, 0.3) is 10.0 Å². The molecule has 166 valence electrons. The highest BCUT2D eigenvalue weighted by molar-refractivity contribution is 7.91. The molecule has 7 nitrogen and oxygen atoms in total. The molecule has 0 spiro atoms. The van der Waals surface area contributed by atoms with Crippen LogP contribution >= 0.6 is 11.3 Å². The maximum Gasteiger partial charge on any atom is 0.355 e. The van der Waals surface area contributed by atoms with Gasteiger partial charge in [0.05, 0.1) is 20.3 Å². The lowest BCUT2D eigenvalue weighted by atomic mass is 10.1. The average Bonchev–Trinajstić information content (AvgIpc) is 3.39. The van der Waals surface area contributed by atoms with Gasteiger partial charge in [-0.05, 0) is 61.0 Å². The number of hydrogen-bond acceptors (Lipinski definition) is 6. The fourth-order valence-electron chi connectivity index (χ4n) is 3.19. The summed E-state index contributed by atoms with van der Waals surface area (Å²) in [4.78, 5) is 15.3. The van der Waals surface area contributed by atoms with Crippen LogP contribution in [0.3, 0.4) is 0 Å². The van der Waals surface area contributed by atoms with Crippen LogP contribution in [0.1, 0.15) is 39.8 Å². The van der Waals surface area contributed by atoms with E-state index in [4.69, 9.17) is 9.47 Å². The number of nitrogens with zero attached hydrogens (tertiary/aromatic N) is 1. The minimum atomic E-state index is -3.74. The van der Waals surface area contributed by atoms with Crippen LogP contribution in [-0.2, 0) is 27.8 Å². The van der Waals surface area contributed by atoms with Crippen LogP contribution < -0.4 is 4.74 Å². The summed E-state index contributed by atoms with van der Waals surface area (Å²) in [5, 5.41) is 1.74. The lowest BCUT2D eigenvalue weighted by molar-refractivity contribution is 0.0519. The molecule has 0 radical (unpaired) electrons. The topological polar surface area (TPSA) is 88.7 Å². The molecule has 0 bridgehead atoms. The van der Waals surface area contributed by atoms with Crippen LogP contribution in [0.25, 0.3) is 0 Å². The van der Waals surface area contributed by atoms with E-state index < -0.39 is 16.0 Å². The van der Waals surface area contributed by atoms with Gasteiger partial charge in [-0.15, -0.1) is 11.3 Å². The number of methoxy groups -OCH3 is 1. The molecule has 0 unspecified atom stereocenters. The number of ether oxygens (including phenoxy) is 2. The van der Waals surface area contributed by atoms with Gasteiger partial charge in [-0.25, -0.2) is 13.2 Å². The van der Waals surface area contributed by atoms with E-state index in [9.17, 15) is 13.2 Å². The third kappa shape index (κ3) is 5.00. The number of aromatic nitrogens is 1. The molecule has 0 aliphatic heterocycles. The van der Waals surface area contributed by atoms with E-state index >= 15 is 0 Å². The van der Waals surface area contributed by atoms with Crippen molar-refractivity contribution >= 4 is 27.3 Å². The molecule has 0 aliphatic carbocycles. The molecule has 2 heterocycles. The molecule has 0 atom stereocenters. The molecular weight excluding hydrogens is 436 g/mol. The molecule has 0 saturated heterocycles. The maximum atomic E-state index is 13.4. The van der Waals surface area contributed by atoms with Gasteiger partial charge in [0, 0.05) is 12.2 Å². The van der Waals surface area contributed by atoms with Crippen LogP contribution in [0.4, 0.5) is 0 Å². The molecule has 9 heteroatoms. The Morgan fingerprint density at radius 1 is 1.10 bits per heavy atom. The minimum absolute atomic E-state index is 0.0956. The van der Waals surface area contributed by atoms with Crippen LogP contribution in [0, 0.1) is 13.8 Å². The summed E-state index contributed by atoms with van der Waals surface area (Å²) in [6.07, 6.45) is 0. The van der Waals surface area contributed by atoms with Gasteiger partial charge in [-0.3, -0.25) is 0 Å². The molecule has 0 aliphatic rings. The summed E-state index contributed by atoms with van der Waals surface area (Å²) in [6.45, 7) is 5.97. The van der Waals surface area contributed by atoms with Crippen molar-refractivity contribution in [1.82, 2.24) is 9.29 Å². The van der Waals surface area contributed by atoms with Gasteiger partial charge in [0.2, 0.25) is 0 Å². The highest BCUT2D eigenvalue weighted by atomic mass is 32.2. The Kier molecular flexibility index (Phi) is 7.19. The lowest BCUT2D eigenvalue weighted by Gasteiger charge is -2.22. The number of rotatable bonds is 9. The third-order valence-electron chi connectivity index (χ3n) is 5.09. The van der Waals surface area contributed by atoms with Crippen molar-refractivity contribution in [3.05, 3.63) is 69.9 Å². The molecule has 31 heavy (non-hydrogen) atoms. The van der Waals surface area contributed by atoms with Gasteiger partial charge in [-0.1, -0.05) is 18.2 Å². The second-order valence-corrected chi connectivity index (χ2v) is 10.1. The first-order chi connectivity index (χ1) is 14.8. The van der Waals surface area contributed by atoms with Crippen molar-refractivity contribution in [1.29, 1.82) is 0 Å². The molecule has 3 rings (SSSR count). The number of nitrogens with one attached hydrogen (secondary N) is 1. The number of carbonyl (C=O) groups excluding carboxylic acids is 1. The highest BCUT2D eigenvalue weighted by Crippen LogP contribution is 2.27. The number of benzene rings is 1. The first kappa shape index (κ1) is 23.1. The van der Waals surface area contributed by atoms with E-state index in [0.29, 0.717) is 17.1 Å². The largest absolute Gasteiger partial charge is 0.497 e. The van der Waals surface area contributed by atoms with Crippen molar-refractivity contribution in [3.63, 3.8) is 0 Å². The van der Waals surface area contributed by atoms with Crippen molar-refractivity contribution in [3.8, 4) is 5.75 Å². The Hall–Kier alpha value is -2.62. The summed E-state index contributed by atoms with van der Waals surface area (Å²) in [6, 6.07) is 10.6. The van der Waals surface area contributed by atoms with Gasteiger partial charge in [0.1, 0.15) is 15.7 Å². The fraction of sp³-hybridized carbons (Fsp3) is 0.318. The van der Waals surface area contributed by atoms with Gasteiger partial charge < -0.3 is 14.5 Å². The van der Waals surface area contributed by atoms with Gasteiger partial charge >= 0.3 is 5.97 Å². The van der Waals surface area contributed by atoms with Crippen LogP contribution in [-0.4, -0.2) is 37.4 Å². The molecule has 0 amide bonds. The van der Waals surface area contributed by atoms with E-state index in [2.05, 4.69) is 4.98 Å². The van der Waals surface area contributed by atoms with Crippen LogP contribution in [0.5, 0.6) is 5.75 Å². The average molecular weight is 463 g/mol. The first-order valence-corrected chi connectivity index (χ1v) is 12.1. The van der Waals surface area contributed by atoms with E-state index in [1.165, 1.54) is 15.6 Å². The summed E-state index contributed by atoms with van der Waals surface area (Å²) in [5.41, 5.74) is 3.43. The molecule has 3 aromatic rings. The lowest BCUT2D eigenvalue weighted by Crippen LogP contribution is -2.30. The monoisotopic (exact) mass is 462 g/mol. The smallest absolute Gasteiger partial charge is 0.355 e. The van der Waals surface area contributed by atoms with Crippen molar-refractivity contribution < 1.29 is 22.7 Å². The molecule has 2 aromatic heterocycles. The summed E-state index contributed by atoms with van der Waals surface area (Å²) in [5.74, 6) is 0.253. The van der Waals surface area contributed by atoms with E-state index in [0.717, 1.165) is 16.7 Å². The Morgan fingerprint density at radius 2 is 1.81 bits per heavy atom. The Bertz CT molecular complexity index is 1130. The maximum absolute atomic E-state index is 13.4. The predicted molar refractivity (Wildman–Crippen MR) is 120 cm³/mol. The number of thiophene rings is 1. The van der Waals surface area contributed by atoms with Crippen LogP contribution in [0.15, 0.2) is 46.0 Å². The normalized spacial score (nSPS) is 11.6. The summed E-state index contributed by atoms with van der Waals surface area (Å²) < 4.78 is 38.7. The summed E-state index contributed by atoms with van der Waals surface area (Å²) in [7, 11) is -2.15. The first-order valence-electron chi connectivity index (χ1n) is 9.79. The van der Waals surface area contributed by atoms with Crippen LogP contribution in [0.2, 0.25) is 0 Å². The van der Waals surface area contributed by atoms with Crippen molar-refractivity contribution in [2.24, 2.45) is 0 Å². The molecular formula is C22H26N2O5S2. The molecule has 1 N–H and O–H groups in total. The third-order valence-corrected chi connectivity index (χ3v) is 8.25. The number of esters is 1. The number of hydrogen-bond donors (Lipinski definition) is 1. The Balaban J connectivity index is 1.97. The van der Waals surface area contributed by atoms with Crippen molar-refractivity contribution in [2.75, 3.05) is 13.7 Å². The van der Waals surface area contributed by atoms with E-state index in [-0.39, 0.29) is 23.9 Å². The predicted octanol–water partition coefficient (Wildman–Crippen LogP) is 4.27. The fourth-order valence-corrected chi connectivity index (χ4v) is 5.73. The molecule has 0 fully saturated rings. The minimum Gasteiger partial charge on any atom is -0.497 e. The second-order valence-electron chi connectivity index (χ2n) is 7.00. The molecule has 0 saturated carbocycles. The second kappa shape index (κ2) is 9.67. The van der Waals surface area contributed by atoms with Gasteiger partial charge in [0.15, 0.2) is 0 Å². The highest BCUT2D eigenvalue weighted by Gasteiger charge is 2.28. The van der Waals surface area contributed by atoms with E-state index in [1.807, 2.05) is 26.0 Å². The van der Waals surface area contributed by atoms with E-state index in [1.54, 1.807) is 43.7 Å². The number of H-pyrrole nitrogens is 1. The Morgan fingerprint density at radius 3 is 2.39 bits per heavy atom. The quantitative estimate of drug-likeness (QED) is 0.480. The SMILES string of the molecule is CCOC(=O)c1[nH]c(CN(Cc2ccc(OC)cc2)S(=O)(=O)c2cccs2)c(C)c1C. The zero-order valence-corrected chi connectivity index (χ0v) is 19.6. The summed E-state index contributed by atoms with van der Waals surface area (Å²) >= 11 is 1.18. The standard InChI is InChI=1S/C22H26N2O5S2/c1-5-29-22(25)21-16(3)15(2)19(23-21)14-24(31(26,27)20-7-6-12-30-20)13-17-8-10-18(28-4)11-9-17/h6-12,23H,5,13-14H2,1-4H3. The zero-order valence-electron chi connectivity index (χ0n) is 18.0. The number of sulfonamides is 1. The zero-order chi connectivity index (χ0) is 22.6. The number of carbonyl (C=O) groups is 1. The Labute approximate surface area is 186 Å².